The number of fused-ring (bicyclic) bond motifs is 3. The van der Waals surface area contributed by atoms with Crippen LogP contribution in [0.3, 0.4) is 0 Å². The second-order valence-electron chi connectivity index (χ2n) is 6.18. The minimum absolute atomic E-state index is 0.0384. The molecule has 3 aliphatic rings. The van der Waals surface area contributed by atoms with Gasteiger partial charge in [-0.25, -0.2) is 9.68 Å². The molecular weight excluding hydrogens is 260 g/mol. The lowest BCUT2D eigenvalue weighted by Crippen LogP contribution is -2.31. The Morgan fingerprint density at radius 3 is 2.85 bits per heavy atom. The molecule has 5 heteroatoms. The van der Waals surface area contributed by atoms with Crippen LogP contribution >= 0.6 is 0 Å². The highest BCUT2D eigenvalue weighted by Crippen LogP contribution is 2.50. The van der Waals surface area contributed by atoms with Gasteiger partial charge in [0.1, 0.15) is 18.3 Å². The zero-order chi connectivity index (χ0) is 14.5. The van der Waals surface area contributed by atoms with Crippen molar-refractivity contribution in [1.29, 1.82) is 0 Å². The first-order chi connectivity index (χ1) is 9.46. The van der Waals surface area contributed by atoms with Gasteiger partial charge in [-0.2, -0.15) is 0 Å². The van der Waals surface area contributed by atoms with Crippen molar-refractivity contribution in [1.82, 2.24) is 0 Å². The first-order valence-electron chi connectivity index (χ1n) is 7.02. The molecule has 2 aliphatic heterocycles. The molecule has 2 saturated heterocycles. The summed E-state index contributed by atoms with van der Waals surface area (Å²) in [4.78, 5) is 16.3. The maximum atomic E-state index is 11.7. The summed E-state index contributed by atoms with van der Waals surface area (Å²) in [5.74, 6) is -0.360. The van der Waals surface area contributed by atoms with Crippen LogP contribution in [-0.4, -0.2) is 35.1 Å². The van der Waals surface area contributed by atoms with Gasteiger partial charge in [0, 0.05) is 11.5 Å². The van der Waals surface area contributed by atoms with Crippen molar-refractivity contribution in [2.75, 3.05) is 0 Å². The number of hydrogen-bond acceptors (Lipinski definition) is 5. The Hall–Kier alpha value is -1.17. The van der Waals surface area contributed by atoms with Gasteiger partial charge in [-0.05, 0) is 38.2 Å². The molecule has 0 aromatic heterocycles. The summed E-state index contributed by atoms with van der Waals surface area (Å²) in [6, 6.07) is 0. The van der Waals surface area contributed by atoms with E-state index in [0.29, 0.717) is 24.8 Å². The normalized spacial score (nSPS) is 44.6. The van der Waals surface area contributed by atoms with E-state index in [2.05, 4.69) is 18.0 Å². The Kier molecular flexibility index (Phi) is 3.23. The fourth-order valence-electron chi connectivity index (χ4n) is 3.37. The molecule has 110 valence electrons. The van der Waals surface area contributed by atoms with Gasteiger partial charge in [-0.15, -0.1) is 0 Å². The van der Waals surface area contributed by atoms with Gasteiger partial charge < -0.3 is 9.47 Å². The molecule has 0 aromatic rings. The second-order valence-corrected chi connectivity index (χ2v) is 6.18. The monoisotopic (exact) mass is 280 g/mol. The standard InChI is InChI=1S/C15H20O5/c1-8-4-5-10-9(2)14(16)18-12(10)13-15(3,19-13)7-6-11(8)20-17/h10-13,17H,1-2,4-7H2,3H3/t10-,11-,12+,13+,15-/m1/s1. The molecule has 3 rings (SSSR count). The smallest absolute Gasteiger partial charge is 0.334 e. The zero-order valence-electron chi connectivity index (χ0n) is 11.6. The Morgan fingerprint density at radius 1 is 1.40 bits per heavy atom. The van der Waals surface area contributed by atoms with Crippen molar-refractivity contribution < 1.29 is 24.4 Å². The number of hydrogen-bond donors (Lipinski definition) is 1. The molecule has 20 heavy (non-hydrogen) atoms. The molecule has 1 N–H and O–H groups in total. The average Bonchev–Trinajstić information content (AvgIpc) is 3.00. The number of epoxide rings is 1. The van der Waals surface area contributed by atoms with Gasteiger partial charge in [-0.3, -0.25) is 5.26 Å². The summed E-state index contributed by atoms with van der Waals surface area (Å²) < 4.78 is 11.2. The molecule has 0 bridgehead atoms. The van der Waals surface area contributed by atoms with E-state index in [4.69, 9.17) is 14.7 Å². The number of rotatable bonds is 1. The molecule has 0 spiro atoms. The topological polar surface area (TPSA) is 68.3 Å². The SMILES string of the molecule is C=C1C(=O)O[C@H]2[C@@H]1CCC(=C)[C@H](OO)CC[C@@]1(C)O[C@@H]21. The van der Waals surface area contributed by atoms with Crippen LogP contribution in [0.1, 0.15) is 32.6 Å². The van der Waals surface area contributed by atoms with Crippen LogP contribution in [0.25, 0.3) is 0 Å². The van der Waals surface area contributed by atoms with Crippen LogP contribution in [0.2, 0.25) is 0 Å². The van der Waals surface area contributed by atoms with Crippen molar-refractivity contribution in [2.24, 2.45) is 5.92 Å². The summed E-state index contributed by atoms with van der Waals surface area (Å²) in [5, 5.41) is 9.01. The third-order valence-electron chi connectivity index (χ3n) is 4.85. The number of carbonyl (C=O) groups excluding carboxylic acids is 1. The van der Waals surface area contributed by atoms with Crippen LogP contribution < -0.4 is 0 Å². The first-order valence-corrected chi connectivity index (χ1v) is 7.02. The third kappa shape index (κ3) is 2.10. The maximum Gasteiger partial charge on any atom is 0.334 e. The lowest BCUT2D eigenvalue weighted by molar-refractivity contribution is -0.270. The number of esters is 1. The summed E-state index contributed by atoms with van der Waals surface area (Å²) in [6.07, 6.45) is 2.07. The molecule has 0 radical (unpaired) electrons. The Labute approximate surface area is 118 Å². The summed E-state index contributed by atoms with van der Waals surface area (Å²) >= 11 is 0. The van der Waals surface area contributed by atoms with E-state index in [9.17, 15) is 4.79 Å². The summed E-state index contributed by atoms with van der Waals surface area (Å²) in [5.41, 5.74) is 1.03. The van der Waals surface area contributed by atoms with Gasteiger partial charge >= 0.3 is 5.97 Å². The molecule has 0 amide bonds. The first kappa shape index (κ1) is 13.8. The van der Waals surface area contributed by atoms with Gasteiger partial charge in [0.2, 0.25) is 0 Å². The highest BCUT2D eigenvalue weighted by atomic mass is 17.1. The van der Waals surface area contributed by atoms with E-state index in [-0.39, 0.29) is 35.8 Å². The minimum Gasteiger partial charge on any atom is -0.455 e. The highest BCUT2D eigenvalue weighted by Gasteiger charge is 2.61. The average molecular weight is 280 g/mol. The second kappa shape index (κ2) is 4.69. The minimum atomic E-state index is -0.375. The van der Waals surface area contributed by atoms with Crippen molar-refractivity contribution >= 4 is 5.97 Å². The Bertz CT molecular complexity index is 471. The quantitative estimate of drug-likeness (QED) is 0.199. The molecule has 0 unspecified atom stereocenters. The molecule has 0 aromatic carbocycles. The van der Waals surface area contributed by atoms with E-state index in [1.807, 2.05) is 6.92 Å². The maximum absolute atomic E-state index is 11.7. The van der Waals surface area contributed by atoms with E-state index >= 15 is 0 Å². The lowest BCUT2D eigenvalue weighted by atomic mass is 9.82. The Morgan fingerprint density at radius 2 is 2.15 bits per heavy atom. The molecule has 1 aliphatic carbocycles. The van der Waals surface area contributed by atoms with Crippen molar-refractivity contribution in [3.05, 3.63) is 24.3 Å². The van der Waals surface area contributed by atoms with Gasteiger partial charge in [0.15, 0.2) is 0 Å². The molecule has 1 saturated carbocycles. The van der Waals surface area contributed by atoms with Crippen molar-refractivity contribution in [3.8, 4) is 0 Å². The molecular formula is C15H20O5. The van der Waals surface area contributed by atoms with E-state index in [0.717, 1.165) is 12.0 Å². The predicted molar refractivity (Wildman–Crippen MR) is 70.9 cm³/mol. The fourth-order valence-corrected chi connectivity index (χ4v) is 3.37. The Balaban J connectivity index is 1.84. The lowest BCUT2D eigenvalue weighted by Gasteiger charge is -2.23. The van der Waals surface area contributed by atoms with Gasteiger partial charge in [-0.1, -0.05) is 13.2 Å². The van der Waals surface area contributed by atoms with Crippen LogP contribution in [0.15, 0.2) is 24.3 Å². The molecule has 5 atom stereocenters. The molecule has 2 heterocycles. The number of ether oxygens (including phenoxy) is 2. The van der Waals surface area contributed by atoms with Gasteiger partial charge in [0.25, 0.3) is 0 Å². The van der Waals surface area contributed by atoms with Gasteiger partial charge in [0.05, 0.1) is 5.60 Å². The number of carbonyl (C=O) groups is 1. The summed E-state index contributed by atoms with van der Waals surface area (Å²) in [7, 11) is 0. The van der Waals surface area contributed by atoms with E-state index in [1.165, 1.54) is 0 Å². The van der Waals surface area contributed by atoms with E-state index in [1.54, 1.807) is 0 Å². The summed E-state index contributed by atoms with van der Waals surface area (Å²) in [6.45, 7) is 9.83. The van der Waals surface area contributed by atoms with Crippen LogP contribution in [-0.2, 0) is 19.2 Å². The van der Waals surface area contributed by atoms with Crippen LogP contribution in [0.4, 0.5) is 0 Å². The predicted octanol–water partition coefficient (Wildman–Crippen LogP) is 2.23. The third-order valence-corrected chi connectivity index (χ3v) is 4.85. The molecule has 5 nitrogen and oxygen atoms in total. The van der Waals surface area contributed by atoms with Crippen LogP contribution in [0, 0.1) is 5.92 Å². The largest absolute Gasteiger partial charge is 0.455 e. The molecule has 3 fully saturated rings. The van der Waals surface area contributed by atoms with Crippen LogP contribution in [0.5, 0.6) is 0 Å². The fraction of sp³-hybridized carbons (Fsp3) is 0.667. The van der Waals surface area contributed by atoms with E-state index < -0.39 is 0 Å². The highest BCUT2D eigenvalue weighted by molar-refractivity contribution is 5.91. The van der Waals surface area contributed by atoms with Crippen molar-refractivity contribution in [3.63, 3.8) is 0 Å². The van der Waals surface area contributed by atoms with Crippen molar-refractivity contribution in [2.45, 2.75) is 56.5 Å². The zero-order valence-corrected chi connectivity index (χ0v) is 11.6.